The Morgan fingerprint density at radius 1 is 0.403 bits per heavy atom. The normalized spacial score (nSPS) is 29.2. The molecule has 13 heterocycles. The summed E-state index contributed by atoms with van der Waals surface area (Å²) < 4.78 is 180. The number of aliphatic hydroxyl groups is 1. The second-order valence-electron chi connectivity index (χ2n) is 33.2. The van der Waals surface area contributed by atoms with Crippen molar-refractivity contribution in [3.63, 3.8) is 0 Å². The molecule has 14 N–H and O–H groups in total. The van der Waals surface area contributed by atoms with Gasteiger partial charge in [0.25, 0.3) is 27.8 Å². The van der Waals surface area contributed by atoms with Crippen molar-refractivity contribution in [3.05, 3.63) is 169 Å². The van der Waals surface area contributed by atoms with E-state index in [-0.39, 0.29) is 118 Å². The summed E-state index contributed by atoms with van der Waals surface area (Å²) in [5.41, 5.74) is 3.20. The number of aromatic amines is 5. The summed E-state index contributed by atoms with van der Waals surface area (Å²) in [5.74, 6) is -0.498. The van der Waals surface area contributed by atoms with Gasteiger partial charge in [0, 0.05) is 101 Å². The summed E-state index contributed by atoms with van der Waals surface area (Å²) in [6, 6.07) is 0. The molecule has 6 aliphatic rings. The molecule has 6 aliphatic heterocycles. The van der Waals surface area contributed by atoms with Crippen molar-refractivity contribution in [2.24, 2.45) is 0 Å². The van der Waals surface area contributed by atoms with Crippen LogP contribution in [0.1, 0.15) is 85.0 Å². The SMILES string of the molecule is CC[C@H]1O[C@@H](n2cc(C)c(=O)[nH]c2=O)CC1OP(O)(=S)OC[C@H]1O[C@@H](n2cc(C)c(=O)[nH]c2=O)[C@@H](OCCOC)C1OP(=O)(S)OC[C@H]1O[C@@H](n2cnc3c(=O)[nH]c(N)nc32)[C@@H](OCCOC)C1OP(O)(=S)OC[C@H]1O[C@@H](n2cc(C)c(=O)[nH]c2=O)[C@@H](OCCOC)C1OP(O)(=S)OC[C@H]1O[C@@H](n2cc(C)c(=O)[nH]c2=O)[C@@H](OCCOC)C1OP(O)(=S)OC[C@H]1O[C@@H](n2cc(C)c(N)nc2=O)[C@@H](OCCOC)C1O. The lowest BCUT2D eigenvalue weighted by molar-refractivity contribution is -0.0840. The molecule has 0 bridgehead atoms. The Bertz CT molecular complexity index is 6570. The van der Waals surface area contributed by atoms with Crippen LogP contribution in [0.5, 0.6) is 0 Å². The standard InChI is InChI=1S/C76H111N16O42P5S5/c1-12-40-41(23-47(124-40)87-25-36(3)61(94)83-73(87)100)130-135(104,140)120-30-43-50(55(115-19-14-110-8)67(126-43)89-26-37(4)62(95)84-74(89)101)132-138(107,143)123-33-46-53(58(118-22-17-113-11)70(129-46)92-34-79-48-60(92)81-71(78)82-65(48)98)134-139(108,144)122-32-45-52(57(117-21-16-112-10)69(128-45)91-28-39(6)64(97)86-76(91)103)133-137(106,142)121-31-44-51(56(116-20-15-111-9)68(127-44)90-27-38(5)63(96)85-75(90)102)131-136(105,141)119-29-42-49(93)54(114-18-13-109-7)66(125-42)88-24-35(2)59(77)80-72(88)99/h24-28,34,40-47,49-58,66-70,93H,12-23,29-33H2,1-11H3,(H,104,140)(H,105,141)(H,106,142)(H,107,143)(H,108,144)(H2,77,80,99)(H,83,94,100)(H,84,95,101)(H,85,96,102)(H,86,97,103)(H3,78,81,82,98)/t40-,41?,42-,43-,44-,45-,46-,47-,49?,50?,51?,52?,53?,54+,55+,56+,57+,58+,66-,67-,68-,69-,70-,135?,136?,137?,138?,139?/m1/s1. The second-order valence-corrected chi connectivity index (χ2v) is 47.2. The molecule has 0 amide bonds. The predicted octanol–water partition coefficient (Wildman–Crippen LogP) is -2.10. The number of hydrogen-bond acceptors (Lipinski definition) is 47. The highest BCUT2D eigenvalue weighted by Gasteiger charge is 2.58. The number of nitrogen functional groups attached to an aromatic ring is 2. The number of hydrogen-bond donors (Lipinski definition) is 13. The Balaban J connectivity index is 0.804. The van der Waals surface area contributed by atoms with Crippen LogP contribution in [0.25, 0.3) is 11.2 Å². The molecular weight excluding hydrogens is 2120 g/mol. The van der Waals surface area contributed by atoms with Gasteiger partial charge in [0.15, 0.2) is 42.3 Å². The number of H-pyrrole nitrogens is 5. The van der Waals surface area contributed by atoms with Crippen molar-refractivity contribution in [1.82, 2.24) is 67.3 Å². The molecule has 68 heteroatoms. The zero-order valence-corrected chi connectivity index (χ0v) is 87.2. The van der Waals surface area contributed by atoms with Gasteiger partial charge in [0.1, 0.15) is 104 Å². The monoisotopic (exact) mass is 2230 g/mol. The van der Waals surface area contributed by atoms with E-state index in [9.17, 15) is 72.6 Å². The molecule has 0 radical (unpaired) electrons. The van der Waals surface area contributed by atoms with Crippen LogP contribution in [0.3, 0.4) is 0 Å². The minimum Gasteiger partial charge on any atom is -0.387 e. The zero-order chi connectivity index (χ0) is 105. The van der Waals surface area contributed by atoms with Gasteiger partial charge >= 0.3 is 62.1 Å². The number of nitrogens with one attached hydrogen (secondary N) is 5. The first-order valence-corrected chi connectivity index (χ1v) is 57.0. The van der Waals surface area contributed by atoms with E-state index < -0.39 is 270 Å². The third kappa shape index (κ3) is 27.9. The highest BCUT2D eigenvalue weighted by atomic mass is 32.7. The number of methoxy groups -OCH3 is 5. The van der Waals surface area contributed by atoms with Crippen LogP contribution in [-0.4, -0.2) is 330 Å². The van der Waals surface area contributed by atoms with E-state index in [1.165, 1.54) is 80.2 Å². The molecule has 6 saturated heterocycles. The quantitative estimate of drug-likeness (QED) is 0.0110. The highest BCUT2D eigenvalue weighted by Crippen LogP contribution is 2.60. The number of aromatic nitrogens is 14. The van der Waals surface area contributed by atoms with Crippen LogP contribution in [-0.2, 0) is 173 Å². The topological polar surface area (TPSA) is 728 Å². The van der Waals surface area contributed by atoms with E-state index in [1.807, 2.05) is 0 Å². The van der Waals surface area contributed by atoms with Crippen LogP contribution in [0, 0.1) is 34.6 Å². The van der Waals surface area contributed by atoms with Crippen molar-refractivity contribution >= 4 is 116 Å². The lowest BCUT2D eigenvalue weighted by Crippen LogP contribution is -2.42. The van der Waals surface area contributed by atoms with Crippen LogP contribution in [0.15, 0.2) is 85.3 Å². The fourth-order valence-electron chi connectivity index (χ4n) is 16.2. The van der Waals surface area contributed by atoms with Gasteiger partial charge in [-0.3, -0.25) is 98.9 Å². The number of fused-ring (bicyclic) bond motifs is 1. The number of imidazole rings is 1. The first-order valence-electron chi connectivity index (χ1n) is 44.0. The highest BCUT2D eigenvalue weighted by molar-refractivity contribution is 8.44. The lowest BCUT2D eigenvalue weighted by atomic mass is 10.1. The average molecular weight is 2240 g/mol. The first-order chi connectivity index (χ1) is 68.2. The molecule has 6 fully saturated rings. The fourth-order valence-corrected chi connectivity index (χ4v) is 23.5. The summed E-state index contributed by atoms with van der Waals surface area (Å²) in [6.45, 7) is -22.5. The van der Waals surface area contributed by atoms with Crippen molar-refractivity contribution in [2.45, 2.75) is 196 Å². The van der Waals surface area contributed by atoms with E-state index in [2.05, 4.69) is 52.1 Å². The van der Waals surface area contributed by atoms with Crippen molar-refractivity contribution in [2.75, 3.05) is 146 Å². The summed E-state index contributed by atoms with van der Waals surface area (Å²) in [5, 5.41) is 11.8. The molecule has 0 aromatic carbocycles. The number of thiol groups is 1. The Labute approximate surface area is 839 Å². The zero-order valence-electron chi connectivity index (χ0n) is 78.6. The molecule has 0 spiro atoms. The van der Waals surface area contributed by atoms with Crippen LogP contribution < -0.4 is 67.7 Å². The van der Waals surface area contributed by atoms with Crippen LogP contribution >= 0.6 is 45.9 Å². The smallest absolute Gasteiger partial charge is 0.386 e. The molecule has 0 aliphatic carbocycles. The molecule has 0 saturated carbocycles. The van der Waals surface area contributed by atoms with Gasteiger partial charge in [-0.15, -0.1) is 0 Å². The van der Waals surface area contributed by atoms with Gasteiger partial charge in [0.2, 0.25) is 5.95 Å². The Morgan fingerprint density at radius 2 is 0.729 bits per heavy atom. The van der Waals surface area contributed by atoms with Gasteiger partial charge in [0.05, 0.1) is 118 Å². The number of aliphatic hydroxyl groups excluding tert-OH is 1. The maximum atomic E-state index is 15.6. The predicted molar refractivity (Wildman–Crippen MR) is 514 cm³/mol. The molecule has 144 heavy (non-hydrogen) atoms. The third-order valence-corrected chi connectivity index (χ3v) is 31.1. The van der Waals surface area contributed by atoms with Gasteiger partial charge in [-0.2, -0.15) is 9.97 Å². The second kappa shape index (κ2) is 49.7. The molecule has 7 aromatic rings. The van der Waals surface area contributed by atoms with Gasteiger partial charge in [-0.1, -0.05) is 19.2 Å². The Kier molecular flexibility index (Phi) is 39.6. The largest absolute Gasteiger partial charge is 0.387 e. The van der Waals surface area contributed by atoms with Gasteiger partial charge < -0.3 is 135 Å². The molecular formula is C76H111N16O42P5S5. The lowest BCUT2D eigenvalue weighted by Gasteiger charge is -2.31. The minimum atomic E-state index is -5.14. The Morgan fingerprint density at radius 3 is 1.12 bits per heavy atom. The summed E-state index contributed by atoms with van der Waals surface area (Å²) >= 11 is 27.4. The molecule has 802 valence electrons. The number of nitrogens with zero attached hydrogens (tertiary/aromatic N) is 9. The number of aryl methyl sites for hydroxylation is 5. The Hall–Kier alpha value is -6.51. The molecule has 7 aromatic heterocycles. The van der Waals surface area contributed by atoms with E-state index in [0.29, 0.717) is 5.56 Å². The van der Waals surface area contributed by atoms with E-state index in [4.69, 9.17) is 180 Å². The molecule has 28 atom stereocenters. The molecule has 13 rings (SSSR count). The van der Waals surface area contributed by atoms with Crippen LogP contribution in [0.4, 0.5) is 11.8 Å². The number of ether oxygens (including phenoxy) is 16. The summed E-state index contributed by atoms with van der Waals surface area (Å²) in [4.78, 5) is 206. The van der Waals surface area contributed by atoms with Gasteiger partial charge in [-0.05, 0) is 88.3 Å². The van der Waals surface area contributed by atoms with Crippen LogP contribution in [0.2, 0.25) is 0 Å². The maximum Gasteiger partial charge on any atom is 0.386 e. The first kappa shape index (κ1) is 115. The van der Waals surface area contributed by atoms with Crippen molar-refractivity contribution in [3.8, 4) is 0 Å². The molecule has 11 unspecified atom stereocenters. The van der Waals surface area contributed by atoms with E-state index in [1.54, 1.807) is 13.8 Å². The number of anilines is 2. The number of rotatable bonds is 52. The average Bonchev–Trinajstić information content (AvgIpc) is 1.60. The summed E-state index contributed by atoms with van der Waals surface area (Å²) in [6.07, 6.45) is -29.1. The number of nitrogens with two attached hydrogens (primary N) is 2. The summed E-state index contributed by atoms with van der Waals surface area (Å²) in [7, 11) is 6.72. The van der Waals surface area contributed by atoms with Crippen molar-refractivity contribution < 1.29 is 150 Å². The third-order valence-electron chi connectivity index (χ3n) is 23.2. The minimum absolute atomic E-state index is 0.00775. The van der Waals surface area contributed by atoms with Gasteiger partial charge in [-0.25, -0.2) is 33.5 Å². The fraction of sp³-hybridized carbons (Fsp3) is 0.671. The van der Waals surface area contributed by atoms with E-state index >= 15 is 4.57 Å². The maximum absolute atomic E-state index is 15.6. The van der Waals surface area contributed by atoms with Crippen molar-refractivity contribution in [1.29, 1.82) is 0 Å². The molecule has 58 nitrogen and oxygen atoms in total. The van der Waals surface area contributed by atoms with E-state index in [0.717, 1.165) is 47.8 Å².